The largest absolute Gasteiger partial charge is 0.460 e. The highest BCUT2D eigenvalue weighted by Gasteiger charge is 2.12. The summed E-state index contributed by atoms with van der Waals surface area (Å²) >= 11 is 6.09. The van der Waals surface area contributed by atoms with Gasteiger partial charge >= 0.3 is 5.97 Å². The van der Waals surface area contributed by atoms with Crippen LogP contribution in [0.2, 0.25) is 5.02 Å². The maximum Gasteiger partial charge on any atom is 0.310 e. The Morgan fingerprint density at radius 2 is 1.82 bits per heavy atom. The third kappa shape index (κ3) is 5.93. The minimum absolute atomic E-state index is 0.00182. The minimum atomic E-state index is -0.370. The normalized spacial score (nSPS) is 10.7. The van der Waals surface area contributed by atoms with Crippen LogP contribution in [-0.4, -0.2) is 26.5 Å². The molecule has 0 fully saturated rings. The highest BCUT2D eigenvalue weighted by molar-refractivity contribution is 6.31. The lowest BCUT2D eigenvalue weighted by atomic mass is 10.0. The zero-order valence-corrected chi connectivity index (χ0v) is 18.8. The molecule has 0 aliphatic heterocycles. The van der Waals surface area contributed by atoms with Crippen molar-refractivity contribution in [2.45, 2.75) is 26.4 Å². The van der Waals surface area contributed by atoms with E-state index < -0.39 is 0 Å². The second-order valence-electron chi connectivity index (χ2n) is 7.68. The van der Waals surface area contributed by atoms with E-state index in [1.807, 2.05) is 49.4 Å². The van der Waals surface area contributed by atoms with Crippen molar-refractivity contribution in [2.75, 3.05) is 0 Å². The minimum Gasteiger partial charge on any atom is -0.460 e. The van der Waals surface area contributed by atoms with Crippen LogP contribution in [0, 0.1) is 6.92 Å². The highest BCUT2D eigenvalue weighted by atomic mass is 35.5. The van der Waals surface area contributed by atoms with E-state index in [0.717, 1.165) is 22.5 Å². The number of hydrogen-bond acceptors (Lipinski definition) is 5. The van der Waals surface area contributed by atoms with Crippen molar-refractivity contribution in [3.63, 3.8) is 0 Å². The lowest BCUT2D eigenvalue weighted by molar-refractivity contribution is -0.144. The van der Waals surface area contributed by atoms with Crippen LogP contribution in [0.25, 0.3) is 5.69 Å². The first kappa shape index (κ1) is 22.4. The molecule has 0 aliphatic carbocycles. The van der Waals surface area contributed by atoms with E-state index >= 15 is 0 Å². The number of rotatable bonds is 8. The van der Waals surface area contributed by atoms with Gasteiger partial charge in [0.2, 0.25) is 0 Å². The van der Waals surface area contributed by atoms with E-state index in [9.17, 15) is 9.59 Å². The molecular weight excluding hydrogens is 438 g/mol. The molecule has 0 radical (unpaired) electrons. The van der Waals surface area contributed by atoms with Gasteiger partial charge in [0, 0.05) is 46.2 Å². The van der Waals surface area contributed by atoms with Crippen LogP contribution in [0.5, 0.6) is 0 Å². The van der Waals surface area contributed by atoms with E-state index in [4.69, 9.17) is 16.3 Å². The van der Waals surface area contributed by atoms with Crippen LogP contribution in [-0.2, 0) is 29.0 Å². The van der Waals surface area contributed by atoms with E-state index in [1.54, 1.807) is 41.5 Å². The molecule has 2 heterocycles. The maximum absolute atomic E-state index is 12.7. The molecule has 33 heavy (non-hydrogen) atoms. The van der Waals surface area contributed by atoms with Gasteiger partial charge in [-0.2, -0.15) is 5.10 Å². The summed E-state index contributed by atoms with van der Waals surface area (Å²) < 4.78 is 6.97. The van der Waals surface area contributed by atoms with Crippen LogP contribution < -0.4 is 0 Å². The van der Waals surface area contributed by atoms with Crippen molar-refractivity contribution in [1.29, 1.82) is 0 Å². The monoisotopic (exact) mass is 459 g/mol. The van der Waals surface area contributed by atoms with Crippen LogP contribution in [0.1, 0.15) is 32.7 Å². The molecule has 0 unspecified atom stereocenters. The lowest BCUT2D eigenvalue weighted by Gasteiger charge is -2.06. The molecule has 6 nitrogen and oxygen atoms in total. The first-order valence-electron chi connectivity index (χ1n) is 10.5. The Bertz CT molecular complexity index is 1280. The first-order chi connectivity index (χ1) is 16.0. The fraction of sp³-hybridized carbons (Fsp3) is 0.154. The number of pyridine rings is 1. The van der Waals surface area contributed by atoms with Gasteiger partial charge in [0.15, 0.2) is 5.78 Å². The van der Waals surface area contributed by atoms with Gasteiger partial charge in [-0.15, -0.1) is 0 Å². The number of ether oxygens (including phenoxy) is 1. The van der Waals surface area contributed by atoms with Gasteiger partial charge in [-0.05, 0) is 36.8 Å². The average Bonchev–Trinajstić information content (AvgIpc) is 3.28. The van der Waals surface area contributed by atoms with E-state index in [2.05, 4.69) is 10.1 Å². The van der Waals surface area contributed by atoms with Gasteiger partial charge in [-0.3, -0.25) is 14.6 Å². The molecular formula is C26H22ClN3O3. The Morgan fingerprint density at radius 1 is 0.970 bits per heavy atom. The second-order valence-corrected chi connectivity index (χ2v) is 8.09. The van der Waals surface area contributed by atoms with E-state index in [0.29, 0.717) is 16.1 Å². The number of Topliss-reactive ketones (excluding diaryl/α,β-unsaturated/α-hetero) is 1. The van der Waals surface area contributed by atoms with Gasteiger partial charge in [-0.25, -0.2) is 4.68 Å². The molecule has 4 rings (SSSR count). The summed E-state index contributed by atoms with van der Waals surface area (Å²) in [6, 6.07) is 18.3. The fourth-order valence-electron chi connectivity index (χ4n) is 3.30. The predicted molar refractivity (Wildman–Crippen MR) is 126 cm³/mol. The van der Waals surface area contributed by atoms with Crippen molar-refractivity contribution in [3.05, 3.63) is 112 Å². The van der Waals surface area contributed by atoms with Crippen molar-refractivity contribution >= 4 is 23.4 Å². The molecule has 0 amide bonds. The van der Waals surface area contributed by atoms with Crippen LogP contribution >= 0.6 is 11.6 Å². The lowest BCUT2D eigenvalue weighted by Crippen LogP contribution is -2.08. The molecule has 0 aliphatic rings. The Morgan fingerprint density at radius 3 is 2.61 bits per heavy atom. The van der Waals surface area contributed by atoms with Crippen molar-refractivity contribution in [3.8, 4) is 5.69 Å². The predicted octanol–water partition coefficient (Wildman–Crippen LogP) is 4.94. The van der Waals surface area contributed by atoms with Crippen molar-refractivity contribution in [1.82, 2.24) is 14.8 Å². The standard InChI is InChI=1S/C26H22ClN3O3/c1-18-9-10-19(14-28-18)11-25(31)21-6-4-7-23(13-21)30-16-20(15-29-30)12-26(32)33-17-22-5-2-3-8-24(22)27/h2-10,13-16H,11-12,17H2,1H3. The molecule has 0 spiro atoms. The molecule has 0 saturated heterocycles. The van der Waals surface area contributed by atoms with Crippen molar-refractivity contribution < 1.29 is 14.3 Å². The third-order valence-electron chi connectivity index (χ3n) is 5.10. The van der Waals surface area contributed by atoms with Gasteiger partial charge in [-0.1, -0.05) is 48.0 Å². The van der Waals surface area contributed by atoms with Gasteiger partial charge in [0.05, 0.1) is 18.3 Å². The number of hydrogen-bond donors (Lipinski definition) is 0. The topological polar surface area (TPSA) is 74.1 Å². The molecule has 0 atom stereocenters. The van der Waals surface area contributed by atoms with Crippen LogP contribution in [0.4, 0.5) is 0 Å². The smallest absolute Gasteiger partial charge is 0.310 e. The molecule has 2 aromatic heterocycles. The van der Waals surface area contributed by atoms with E-state index in [1.165, 1.54) is 0 Å². The Labute approximate surface area is 196 Å². The molecule has 7 heteroatoms. The SMILES string of the molecule is Cc1ccc(CC(=O)c2cccc(-n3cc(CC(=O)OCc4ccccc4Cl)cn3)c2)cn1. The number of nitrogens with zero attached hydrogens (tertiary/aromatic N) is 3. The molecule has 0 saturated carbocycles. The summed E-state index contributed by atoms with van der Waals surface area (Å²) in [5.74, 6) is -0.372. The molecule has 166 valence electrons. The Kier molecular flexibility index (Phi) is 6.95. The summed E-state index contributed by atoms with van der Waals surface area (Å²) in [5.41, 5.74) is 4.57. The summed E-state index contributed by atoms with van der Waals surface area (Å²) in [4.78, 5) is 29.2. The van der Waals surface area contributed by atoms with Crippen molar-refractivity contribution in [2.24, 2.45) is 0 Å². The zero-order chi connectivity index (χ0) is 23.2. The number of esters is 1. The Balaban J connectivity index is 1.38. The number of aryl methyl sites for hydroxylation is 1. The van der Waals surface area contributed by atoms with E-state index in [-0.39, 0.29) is 31.2 Å². The number of carbonyl (C=O) groups is 2. The Hall–Kier alpha value is -3.77. The fourth-order valence-corrected chi connectivity index (χ4v) is 3.49. The zero-order valence-electron chi connectivity index (χ0n) is 18.1. The molecule has 0 N–H and O–H groups in total. The highest BCUT2D eigenvalue weighted by Crippen LogP contribution is 2.17. The number of ketones is 1. The molecule has 2 aromatic carbocycles. The number of halogens is 1. The van der Waals surface area contributed by atoms with Gasteiger partial charge in [0.1, 0.15) is 6.61 Å². The molecule has 0 bridgehead atoms. The number of benzene rings is 2. The summed E-state index contributed by atoms with van der Waals surface area (Å²) in [6.07, 6.45) is 5.46. The maximum atomic E-state index is 12.7. The number of aromatic nitrogens is 3. The second kappa shape index (κ2) is 10.2. The van der Waals surface area contributed by atoms with Crippen LogP contribution in [0.3, 0.4) is 0 Å². The number of carbonyl (C=O) groups excluding carboxylic acids is 2. The summed E-state index contributed by atoms with van der Waals surface area (Å²) in [5, 5.41) is 4.89. The summed E-state index contributed by atoms with van der Waals surface area (Å²) in [6.45, 7) is 2.03. The molecule has 4 aromatic rings. The third-order valence-corrected chi connectivity index (χ3v) is 5.47. The van der Waals surface area contributed by atoms with Crippen LogP contribution in [0.15, 0.2) is 79.3 Å². The van der Waals surface area contributed by atoms with Gasteiger partial charge < -0.3 is 4.74 Å². The van der Waals surface area contributed by atoms with Gasteiger partial charge in [0.25, 0.3) is 0 Å². The first-order valence-corrected chi connectivity index (χ1v) is 10.8. The summed E-state index contributed by atoms with van der Waals surface area (Å²) in [7, 11) is 0. The average molecular weight is 460 g/mol. The quantitative estimate of drug-likeness (QED) is 0.275.